The van der Waals surface area contributed by atoms with Gasteiger partial charge in [0.15, 0.2) is 12.2 Å². The van der Waals surface area contributed by atoms with E-state index in [4.69, 9.17) is 25.7 Å². The smallest absolute Gasteiger partial charge is 0.338 e. The molecule has 0 aliphatic heterocycles. The number of carbonyl (C=O) groups is 1. The molecule has 0 heterocycles. The van der Waals surface area contributed by atoms with Crippen LogP contribution in [0.1, 0.15) is 17.3 Å². The summed E-state index contributed by atoms with van der Waals surface area (Å²) in [5.41, 5.74) is 10.9. The predicted molar refractivity (Wildman–Crippen MR) is 78.8 cm³/mol. The van der Waals surface area contributed by atoms with Crippen molar-refractivity contribution in [1.29, 1.82) is 0 Å². The van der Waals surface area contributed by atoms with Gasteiger partial charge in [-0.15, -0.1) is 0 Å². The van der Waals surface area contributed by atoms with Crippen molar-refractivity contribution in [3.8, 4) is 0 Å². The molecule has 1 rings (SSSR count). The lowest BCUT2D eigenvalue weighted by Gasteiger charge is -2.17. The van der Waals surface area contributed by atoms with Gasteiger partial charge in [-0.3, -0.25) is 4.99 Å². The Kier molecular flexibility index (Phi) is 7.85. The van der Waals surface area contributed by atoms with Crippen molar-refractivity contribution in [3.63, 3.8) is 0 Å². The van der Waals surface area contributed by atoms with Crippen LogP contribution < -0.4 is 11.5 Å². The zero-order chi connectivity index (χ0) is 15.5. The zero-order valence-corrected chi connectivity index (χ0v) is 12.0. The quantitative estimate of drug-likeness (QED) is 0.226. The predicted octanol–water partition coefficient (Wildman–Crippen LogP) is 0.496. The minimum Gasteiger partial charge on any atom is -0.457 e. The average Bonchev–Trinajstić information content (AvgIpc) is 2.49. The summed E-state index contributed by atoms with van der Waals surface area (Å²) in [4.78, 5) is 15.6. The van der Waals surface area contributed by atoms with Crippen LogP contribution in [0.5, 0.6) is 0 Å². The van der Waals surface area contributed by atoms with Crippen LogP contribution in [0, 0.1) is 0 Å². The van der Waals surface area contributed by atoms with Crippen molar-refractivity contribution in [3.05, 3.63) is 35.9 Å². The van der Waals surface area contributed by atoms with Crippen molar-refractivity contribution in [2.45, 2.75) is 13.2 Å². The fourth-order valence-corrected chi connectivity index (χ4v) is 1.49. The number of hydrogen-bond donors (Lipinski definition) is 2. The Morgan fingerprint density at radius 1 is 1.24 bits per heavy atom. The summed E-state index contributed by atoms with van der Waals surface area (Å²) in [6.45, 7) is 2.86. The molecule has 7 heteroatoms. The summed E-state index contributed by atoms with van der Waals surface area (Å²) in [5.74, 6) is -0.421. The zero-order valence-electron chi connectivity index (χ0n) is 12.0. The number of aliphatic imine (C=N–C) groups is 1. The minimum atomic E-state index is -0.642. The Morgan fingerprint density at radius 3 is 2.57 bits per heavy atom. The normalized spacial score (nSPS) is 11.7. The molecule has 7 nitrogen and oxygen atoms in total. The molecule has 0 amide bonds. The largest absolute Gasteiger partial charge is 0.457 e. The summed E-state index contributed by atoms with van der Waals surface area (Å²) in [6.07, 6.45) is -0.642. The Labute approximate surface area is 123 Å². The van der Waals surface area contributed by atoms with Gasteiger partial charge in [0.25, 0.3) is 0 Å². The lowest BCUT2D eigenvalue weighted by Crippen LogP contribution is -2.27. The first-order chi connectivity index (χ1) is 10.1. The standard InChI is InChI=1S/C14H21N3O4/c1-2-19-12(20-9-8-17-14(15)16)10-21-13(18)11-6-4-3-5-7-11/h3-7,12H,2,8-10H2,1H3,(H4,15,16,17). The lowest BCUT2D eigenvalue weighted by atomic mass is 10.2. The average molecular weight is 295 g/mol. The molecular formula is C14H21N3O4. The van der Waals surface area contributed by atoms with Crippen molar-refractivity contribution in [2.24, 2.45) is 16.5 Å². The van der Waals surface area contributed by atoms with Gasteiger partial charge in [0, 0.05) is 6.61 Å². The Morgan fingerprint density at radius 2 is 1.95 bits per heavy atom. The Hall–Kier alpha value is -2.12. The second-order valence-corrected chi connectivity index (χ2v) is 4.03. The highest BCUT2D eigenvalue weighted by Gasteiger charge is 2.13. The van der Waals surface area contributed by atoms with Gasteiger partial charge < -0.3 is 25.7 Å². The van der Waals surface area contributed by atoms with Gasteiger partial charge in [-0.2, -0.15) is 0 Å². The number of ether oxygens (including phenoxy) is 3. The van der Waals surface area contributed by atoms with E-state index in [1.807, 2.05) is 13.0 Å². The fourth-order valence-electron chi connectivity index (χ4n) is 1.49. The molecule has 0 saturated heterocycles. The van der Waals surface area contributed by atoms with Crippen LogP contribution >= 0.6 is 0 Å². The number of guanidine groups is 1. The monoisotopic (exact) mass is 295 g/mol. The Bertz CT molecular complexity index is 447. The first-order valence-electron chi connectivity index (χ1n) is 6.64. The minimum absolute atomic E-state index is 0.00191. The number of nitrogens with two attached hydrogens (primary N) is 2. The highest BCUT2D eigenvalue weighted by Crippen LogP contribution is 2.03. The first kappa shape index (κ1) is 16.9. The summed E-state index contributed by atoms with van der Waals surface area (Å²) in [7, 11) is 0. The number of hydrogen-bond acceptors (Lipinski definition) is 5. The van der Waals surface area contributed by atoms with E-state index in [2.05, 4.69) is 4.99 Å². The Balaban J connectivity index is 2.36. The first-order valence-corrected chi connectivity index (χ1v) is 6.64. The molecule has 0 saturated carbocycles. The van der Waals surface area contributed by atoms with Crippen molar-refractivity contribution >= 4 is 11.9 Å². The molecule has 0 aliphatic carbocycles. The summed E-state index contributed by atoms with van der Waals surface area (Å²) in [6, 6.07) is 8.71. The molecule has 0 aromatic heterocycles. The van der Waals surface area contributed by atoms with Crippen LogP contribution in [0.25, 0.3) is 0 Å². The van der Waals surface area contributed by atoms with Gasteiger partial charge in [0.2, 0.25) is 0 Å². The molecule has 21 heavy (non-hydrogen) atoms. The van der Waals surface area contributed by atoms with Crippen molar-refractivity contribution < 1.29 is 19.0 Å². The topological polar surface area (TPSA) is 109 Å². The van der Waals surface area contributed by atoms with Gasteiger partial charge in [-0.05, 0) is 19.1 Å². The van der Waals surface area contributed by atoms with Crippen LogP contribution in [0.15, 0.2) is 35.3 Å². The highest BCUT2D eigenvalue weighted by molar-refractivity contribution is 5.89. The van der Waals surface area contributed by atoms with Gasteiger partial charge >= 0.3 is 5.97 Å². The molecule has 0 aliphatic rings. The highest BCUT2D eigenvalue weighted by atomic mass is 16.7. The van der Waals surface area contributed by atoms with Crippen LogP contribution in [0.2, 0.25) is 0 Å². The molecule has 1 atom stereocenters. The molecular weight excluding hydrogens is 274 g/mol. The second kappa shape index (κ2) is 9.73. The van der Waals surface area contributed by atoms with E-state index in [1.165, 1.54) is 0 Å². The third-order valence-electron chi connectivity index (χ3n) is 2.40. The molecule has 4 N–H and O–H groups in total. The summed E-state index contributed by atoms with van der Waals surface area (Å²) >= 11 is 0. The van der Waals surface area contributed by atoms with Gasteiger partial charge in [-0.25, -0.2) is 4.79 Å². The van der Waals surface area contributed by atoms with E-state index >= 15 is 0 Å². The number of nitrogens with zero attached hydrogens (tertiary/aromatic N) is 1. The van der Waals surface area contributed by atoms with Crippen LogP contribution in [0.4, 0.5) is 0 Å². The van der Waals surface area contributed by atoms with Crippen LogP contribution in [0.3, 0.4) is 0 Å². The third-order valence-corrected chi connectivity index (χ3v) is 2.40. The summed E-state index contributed by atoms with van der Waals surface area (Å²) in [5, 5.41) is 0. The maximum Gasteiger partial charge on any atom is 0.338 e. The molecule has 0 radical (unpaired) electrons. The third kappa shape index (κ3) is 7.28. The molecule has 1 aromatic carbocycles. The van der Waals surface area contributed by atoms with Crippen LogP contribution in [-0.2, 0) is 14.2 Å². The maximum absolute atomic E-state index is 11.8. The maximum atomic E-state index is 11.8. The second-order valence-electron chi connectivity index (χ2n) is 4.03. The number of carbonyl (C=O) groups excluding carboxylic acids is 1. The molecule has 0 fully saturated rings. The molecule has 0 spiro atoms. The number of rotatable bonds is 9. The van der Waals surface area contributed by atoms with Crippen molar-refractivity contribution in [1.82, 2.24) is 0 Å². The lowest BCUT2D eigenvalue weighted by molar-refractivity contribution is -0.159. The van der Waals surface area contributed by atoms with Crippen LogP contribution in [-0.4, -0.2) is 44.6 Å². The molecule has 0 bridgehead atoms. The van der Waals surface area contributed by atoms with E-state index in [1.54, 1.807) is 24.3 Å². The van der Waals surface area contributed by atoms with E-state index in [0.717, 1.165) is 0 Å². The van der Waals surface area contributed by atoms with Gasteiger partial charge in [-0.1, -0.05) is 18.2 Å². The molecule has 1 aromatic rings. The SMILES string of the molecule is CCOC(COC(=O)c1ccccc1)OCCN=C(N)N. The van der Waals surface area contributed by atoms with E-state index < -0.39 is 12.3 Å². The van der Waals surface area contributed by atoms with Gasteiger partial charge in [0.1, 0.15) is 6.61 Å². The molecule has 1 unspecified atom stereocenters. The van der Waals surface area contributed by atoms with Gasteiger partial charge in [0.05, 0.1) is 18.7 Å². The number of benzene rings is 1. The van der Waals surface area contributed by atoms with E-state index in [0.29, 0.717) is 18.7 Å². The van der Waals surface area contributed by atoms with Crippen molar-refractivity contribution in [2.75, 3.05) is 26.4 Å². The fraction of sp³-hybridized carbons (Fsp3) is 0.429. The molecule has 116 valence electrons. The number of esters is 1. The van der Waals surface area contributed by atoms with E-state index in [-0.39, 0.29) is 19.2 Å². The van der Waals surface area contributed by atoms with E-state index in [9.17, 15) is 4.79 Å². The summed E-state index contributed by atoms with van der Waals surface area (Å²) < 4.78 is 15.9.